The Morgan fingerprint density at radius 2 is 1.21 bits per heavy atom. The Bertz CT molecular complexity index is 317. The van der Waals surface area contributed by atoms with Crippen molar-refractivity contribution in [3.63, 3.8) is 0 Å². The van der Waals surface area contributed by atoms with Gasteiger partial charge in [0.25, 0.3) is 0 Å². The van der Waals surface area contributed by atoms with Crippen LogP contribution in [-0.2, 0) is 19.0 Å². The predicted molar refractivity (Wildman–Crippen MR) is 88.4 cm³/mol. The zero-order valence-electron chi connectivity index (χ0n) is 15.1. The molecular weight excluding hydrogens is 320 g/mol. The number of carbonyl (C=O) groups is 1. The van der Waals surface area contributed by atoms with Gasteiger partial charge in [-0.05, 0) is 27.2 Å². The van der Waals surface area contributed by atoms with Crippen molar-refractivity contribution in [2.75, 3.05) is 39.6 Å². The standard InChI is InChI=1S/C10H18O5.C6H14O3/c1-5-13-10(14-6-2,15-7-3)8(4)9(11)12;1-2-6(3-7,4-8)5-9/h4-7H2,1-3H3,(H,11,12);7-9H,2-5H2,1H3. The van der Waals surface area contributed by atoms with Crippen LogP contribution in [-0.4, -0.2) is 72.0 Å². The summed E-state index contributed by atoms with van der Waals surface area (Å²) in [6, 6.07) is 0. The molecule has 0 heterocycles. The Morgan fingerprint density at radius 1 is 0.875 bits per heavy atom. The second kappa shape index (κ2) is 13.3. The van der Waals surface area contributed by atoms with Gasteiger partial charge in [0.1, 0.15) is 5.57 Å². The highest BCUT2D eigenvalue weighted by molar-refractivity contribution is 5.87. The van der Waals surface area contributed by atoms with Gasteiger partial charge < -0.3 is 34.6 Å². The van der Waals surface area contributed by atoms with Crippen LogP contribution in [0.4, 0.5) is 0 Å². The highest BCUT2D eigenvalue weighted by Crippen LogP contribution is 2.24. The number of ether oxygens (including phenoxy) is 3. The molecule has 0 unspecified atom stereocenters. The molecule has 8 nitrogen and oxygen atoms in total. The summed E-state index contributed by atoms with van der Waals surface area (Å²) in [6.07, 6.45) is 0.594. The van der Waals surface area contributed by atoms with E-state index in [2.05, 4.69) is 6.58 Å². The van der Waals surface area contributed by atoms with E-state index in [-0.39, 0.29) is 45.2 Å². The summed E-state index contributed by atoms with van der Waals surface area (Å²) in [4.78, 5) is 10.8. The van der Waals surface area contributed by atoms with Gasteiger partial charge in [-0.25, -0.2) is 4.79 Å². The lowest BCUT2D eigenvalue weighted by molar-refractivity contribution is -0.351. The van der Waals surface area contributed by atoms with Gasteiger partial charge in [0.15, 0.2) is 0 Å². The van der Waals surface area contributed by atoms with E-state index in [1.165, 1.54) is 0 Å². The Labute approximate surface area is 143 Å². The van der Waals surface area contributed by atoms with E-state index < -0.39 is 17.4 Å². The normalized spacial score (nSPS) is 11.6. The first kappa shape index (κ1) is 25.2. The number of carboxylic acids is 1. The van der Waals surface area contributed by atoms with Crippen molar-refractivity contribution in [2.24, 2.45) is 5.41 Å². The molecule has 0 aliphatic carbocycles. The van der Waals surface area contributed by atoms with Crippen molar-refractivity contribution in [2.45, 2.75) is 40.1 Å². The van der Waals surface area contributed by atoms with Crippen molar-refractivity contribution in [3.8, 4) is 0 Å². The summed E-state index contributed by atoms with van der Waals surface area (Å²) in [5, 5.41) is 34.8. The first-order valence-corrected chi connectivity index (χ1v) is 7.95. The largest absolute Gasteiger partial charge is 0.478 e. The smallest absolute Gasteiger partial charge is 0.339 e. The van der Waals surface area contributed by atoms with E-state index in [1.54, 1.807) is 20.8 Å². The maximum absolute atomic E-state index is 10.8. The minimum atomic E-state index is -1.66. The molecule has 24 heavy (non-hydrogen) atoms. The van der Waals surface area contributed by atoms with Crippen LogP contribution in [0.1, 0.15) is 34.1 Å². The molecule has 0 atom stereocenters. The number of aliphatic hydroxyl groups excluding tert-OH is 3. The summed E-state index contributed by atoms with van der Waals surface area (Å²) in [6.45, 7) is 10.7. The van der Waals surface area contributed by atoms with E-state index in [4.69, 9.17) is 34.6 Å². The number of hydrogen-bond acceptors (Lipinski definition) is 7. The van der Waals surface area contributed by atoms with Gasteiger partial charge in [0.05, 0.1) is 19.8 Å². The molecular formula is C16H32O8. The second-order valence-corrected chi connectivity index (χ2v) is 4.97. The van der Waals surface area contributed by atoms with Gasteiger partial charge in [-0.2, -0.15) is 0 Å². The molecule has 0 aliphatic heterocycles. The lowest BCUT2D eigenvalue weighted by atomic mass is 9.88. The minimum absolute atomic E-state index is 0.156. The molecule has 144 valence electrons. The fourth-order valence-electron chi connectivity index (χ4n) is 1.57. The molecule has 0 amide bonds. The lowest BCUT2D eigenvalue weighted by Crippen LogP contribution is -2.43. The topological polar surface area (TPSA) is 126 Å². The van der Waals surface area contributed by atoms with Crippen LogP contribution < -0.4 is 0 Å². The first-order valence-electron chi connectivity index (χ1n) is 7.95. The van der Waals surface area contributed by atoms with Gasteiger partial charge in [-0.3, -0.25) is 0 Å². The number of carboxylic acid groups (broad SMARTS) is 1. The van der Waals surface area contributed by atoms with Gasteiger partial charge in [0, 0.05) is 25.2 Å². The molecule has 0 rings (SSSR count). The van der Waals surface area contributed by atoms with Crippen LogP contribution in [0.2, 0.25) is 0 Å². The Morgan fingerprint density at radius 3 is 1.33 bits per heavy atom. The van der Waals surface area contributed by atoms with Crippen molar-refractivity contribution in [3.05, 3.63) is 12.2 Å². The van der Waals surface area contributed by atoms with Gasteiger partial charge in [-0.1, -0.05) is 13.5 Å². The SMILES string of the molecule is C=C(C(=O)O)C(OCC)(OCC)OCC.CCC(CO)(CO)CO. The molecule has 0 aromatic heterocycles. The highest BCUT2D eigenvalue weighted by atomic mass is 16.9. The van der Waals surface area contributed by atoms with Gasteiger partial charge in [-0.15, -0.1) is 0 Å². The second-order valence-electron chi connectivity index (χ2n) is 4.97. The molecule has 0 radical (unpaired) electrons. The first-order chi connectivity index (χ1) is 11.3. The molecule has 0 bridgehead atoms. The van der Waals surface area contributed by atoms with Crippen molar-refractivity contribution in [1.82, 2.24) is 0 Å². The third-order valence-corrected chi connectivity index (χ3v) is 3.39. The fraction of sp³-hybridized carbons (Fsp3) is 0.812. The van der Waals surface area contributed by atoms with Crippen LogP contribution in [0.15, 0.2) is 12.2 Å². The fourth-order valence-corrected chi connectivity index (χ4v) is 1.57. The number of aliphatic carboxylic acids is 1. The summed E-state index contributed by atoms with van der Waals surface area (Å²) < 4.78 is 15.6. The zero-order chi connectivity index (χ0) is 19.2. The van der Waals surface area contributed by atoms with Crippen LogP contribution in [0.25, 0.3) is 0 Å². The minimum Gasteiger partial charge on any atom is -0.478 e. The maximum Gasteiger partial charge on any atom is 0.339 e. The van der Waals surface area contributed by atoms with Gasteiger partial charge in [0.2, 0.25) is 0 Å². The highest BCUT2D eigenvalue weighted by Gasteiger charge is 2.40. The average Bonchev–Trinajstić information content (AvgIpc) is 2.58. The molecule has 0 fully saturated rings. The number of aliphatic hydroxyl groups is 3. The van der Waals surface area contributed by atoms with Crippen LogP contribution in [0, 0.1) is 5.41 Å². The van der Waals surface area contributed by atoms with Crippen LogP contribution in [0.3, 0.4) is 0 Å². The summed E-state index contributed by atoms with van der Waals surface area (Å²) >= 11 is 0. The average molecular weight is 352 g/mol. The molecule has 0 saturated carbocycles. The molecule has 0 saturated heterocycles. The molecule has 8 heteroatoms. The zero-order valence-corrected chi connectivity index (χ0v) is 15.1. The van der Waals surface area contributed by atoms with E-state index in [1.807, 2.05) is 6.92 Å². The molecule has 0 spiro atoms. The van der Waals surface area contributed by atoms with Crippen molar-refractivity contribution in [1.29, 1.82) is 0 Å². The molecule has 0 aromatic carbocycles. The Hall–Kier alpha value is -1.03. The lowest BCUT2D eigenvalue weighted by Gasteiger charge is -2.31. The van der Waals surface area contributed by atoms with Crippen molar-refractivity contribution >= 4 is 5.97 Å². The third kappa shape index (κ3) is 7.69. The third-order valence-electron chi connectivity index (χ3n) is 3.39. The van der Waals surface area contributed by atoms with Crippen LogP contribution >= 0.6 is 0 Å². The molecule has 4 N–H and O–H groups in total. The molecule has 0 aliphatic rings. The van der Waals surface area contributed by atoms with Crippen LogP contribution in [0.5, 0.6) is 0 Å². The summed E-state index contributed by atoms with van der Waals surface area (Å²) in [5.74, 6) is -2.87. The summed E-state index contributed by atoms with van der Waals surface area (Å²) in [5.41, 5.74) is -0.923. The summed E-state index contributed by atoms with van der Waals surface area (Å²) in [7, 11) is 0. The quantitative estimate of drug-likeness (QED) is 0.299. The maximum atomic E-state index is 10.8. The Balaban J connectivity index is 0. The van der Waals surface area contributed by atoms with E-state index in [0.717, 1.165) is 0 Å². The molecule has 0 aromatic rings. The van der Waals surface area contributed by atoms with E-state index in [0.29, 0.717) is 6.42 Å². The number of rotatable bonds is 12. The van der Waals surface area contributed by atoms with E-state index >= 15 is 0 Å². The van der Waals surface area contributed by atoms with Gasteiger partial charge >= 0.3 is 11.9 Å². The number of hydrogen-bond donors (Lipinski definition) is 4. The van der Waals surface area contributed by atoms with Crippen molar-refractivity contribution < 1.29 is 39.4 Å². The Kier molecular flexibility index (Phi) is 14.0. The monoisotopic (exact) mass is 352 g/mol. The predicted octanol–water partition coefficient (Wildman–Crippen LogP) is 0.750. The van der Waals surface area contributed by atoms with E-state index in [9.17, 15) is 4.79 Å².